The van der Waals surface area contributed by atoms with E-state index < -0.39 is 0 Å². The van der Waals surface area contributed by atoms with Gasteiger partial charge in [-0.15, -0.1) is 0 Å². The predicted octanol–water partition coefficient (Wildman–Crippen LogP) is 5.99. The van der Waals surface area contributed by atoms with Gasteiger partial charge in [-0.05, 0) is 35.4 Å². The minimum absolute atomic E-state index is 0.346. The molecule has 0 aliphatic heterocycles. The van der Waals surface area contributed by atoms with Gasteiger partial charge in [-0.1, -0.05) is 66.2 Å². The van der Waals surface area contributed by atoms with E-state index >= 15 is 0 Å². The van der Waals surface area contributed by atoms with Crippen LogP contribution in [0.4, 0.5) is 0 Å². The highest BCUT2D eigenvalue weighted by molar-refractivity contribution is 6.31. The average molecular weight is 376 g/mol. The van der Waals surface area contributed by atoms with E-state index in [9.17, 15) is 5.26 Å². The number of benzene rings is 3. The van der Waals surface area contributed by atoms with Gasteiger partial charge in [0, 0.05) is 10.6 Å². The van der Waals surface area contributed by atoms with Crippen molar-refractivity contribution in [1.82, 2.24) is 0 Å². The molecule has 0 amide bonds. The minimum Gasteiger partial charge on any atom is -0.493 e. The molecule has 0 N–H and O–H groups in total. The van der Waals surface area contributed by atoms with Gasteiger partial charge in [0.1, 0.15) is 6.61 Å². The van der Waals surface area contributed by atoms with Crippen LogP contribution in [0.5, 0.6) is 11.5 Å². The Labute approximate surface area is 164 Å². The van der Waals surface area contributed by atoms with E-state index in [-0.39, 0.29) is 0 Å². The number of halogens is 1. The first-order valence-electron chi connectivity index (χ1n) is 8.42. The molecular weight excluding hydrogens is 358 g/mol. The number of ether oxygens (including phenoxy) is 2. The van der Waals surface area contributed by atoms with Crippen molar-refractivity contribution in [2.75, 3.05) is 7.11 Å². The lowest BCUT2D eigenvalue weighted by molar-refractivity contribution is 0.284. The third-order valence-electron chi connectivity index (χ3n) is 4.04. The molecule has 0 bridgehead atoms. The van der Waals surface area contributed by atoms with E-state index in [1.54, 1.807) is 7.11 Å². The van der Waals surface area contributed by atoms with E-state index in [2.05, 4.69) is 6.07 Å². The normalized spacial score (nSPS) is 10.9. The van der Waals surface area contributed by atoms with Crippen LogP contribution in [0.15, 0.2) is 72.8 Å². The van der Waals surface area contributed by atoms with Crippen molar-refractivity contribution >= 4 is 23.3 Å². The predicted molar refractivity (Wildman–Crippen MR) is 109 cm³/mol. The maximum Gasteiger partial charge on any atom is 0.161 e. The van der Waals surface area contributed by atoms with Crippen molar-refractivity contribution in [3.05, 3.63) is 94.5 Å². The highest BCUT2D eigenvalue weighted by atomic mass is 35.5. The van der Waals surface area contributed by atoms with Gasteiger partial charge < -0.3 is 9.47 Å². The first-order valence-corrected chi connectivity index (χ1v) is 8.80. The van der Waals surface area contributed by atoms with Crippen LogP contribution in [0.1, 0.15) is 16.7 Å². The van der Waals surface area contributed by atoms with Crippen LogP contribution >= 0.6 is 11.6 Å². The zero-order chi connectivity index (χ0) is 19.1. The molecule has 27 heavy (non-hydrogen) atoms. The van der Waals surface area contributed by atoms with Crippen LogP contribution < -0.4 is 9.47 Å². The molecule has 0 saturated carbocycles. The Morgan fingerprint density at radius 2 is 1.74 bits per heavy atom. The summed E-state index contributed by atoms with van der Waals surface area (Å²) < 4.78 is 11.3. The van der Waals surface area contributed by atoms with Gasteiger partial charge in [-0.2, -0.15) is 5.26 Å². The summed E-state index contributed by atoms with van der Waals surface area (Å²) in [4.78, 5) is 0. The van der Waals surface area contributed by atoms with E-state index in [0.29, 0.717) is 28.7 Å². The Morgan fingerprint density at radius 1 is 1.00 bits per heavy atom. The maximum absolute atomic E-state index is 9.47. The summed E-state index contributed by atoms with van der Waals surface area (Å²) in [7, 11) is 1.59. The van der Waals surface area contributed by atoms with Gasteiger partial charge in [0.25, 0.3) is 0 Å². The number of nitriles is 1. The lowest BCUT2D eigenvalue weighted by Gasteiger charge is -2.12. The van der Waals surface area contributed by atoms with E-state index in [1.807, 2.05) is 78.9 Å². The fourth-order valence-electron chi connectivity index (χ4n) is 2.63. The zero-order valence-corrected chi connectivity index (χ0v) is 15.6. The summed E-state index contributed by atoms with van der Waals surface area (Å²) in [5.41, 5.74) is 3.22. The molecule has 0 saturated heterocycles. The van der Waals surface area contributed by atoms with Gasteiger partial charge >= 0.3 is 0 Å². The molecule has 134 valence electrons. The summed E-state index contributed by atoms with van der Waals surface area (Å²) in [5.74, 6) is 1.22. The first kappa shape index (κ1) is 18.6. The van der Waals surface area contributed by atoms with Gasteiger partial charge in [0.05, 0.1) is 18.8 Å². The number of methoxy groups -OCH3 is 1. The number of rotatable bonds is 6. The second-order valence-electron chi connectivity index (χ2n) is 5.83. The van der Waals surface area contributed by atoms with Crippen molar-refractivity contribution < 1.29 is 9.47 Å². The van der Waals surface area contributed by atoms with Gasteiger partial charge in [0.15, 0.2) is 11.5 Å². The molecule has 0 heterocycles. The highest BCUT2D eigenvalue weighted by Crippen LogP contribution is 2.31. The average Bonchev–Trinajstić information content (AvgIpc) is 2.72. The lowest BCUT2D eigenvalue weighted by atomic mass is 10.0. The Bertz CT molecular complexity index is 991. The largest absolute Gasteiger partial charge is 0.493 e. The van der Waals surface area contributed by atoms with Crippen LogP contribution in [0.25, 0.3) is 11.6 Å². The highest BCUT2D eigenvalue weighted by Gasteiger charge is 2.08. The zero-order valence-electron chi connectivity index (χ0n) is 14.9. The van der Waals surface area contributed by atoms with Gasteiger partial charge in [-0.25, -0.2) is 0 Å². The van der Waals surface area contributed by atoms with E-state index in [0.717, 1.165) is 16.7 Å². The standard InChI is InChI=1S/C23H18ClNO2/c1-26-23-14-17(13-20(15-25)18-7-3-2-4-8-18)11-12-22(23)27-16-19-9-5-6-10-21(19)24/h2-14H,16H2,1H3/b20-13-. The minimum atomic E-state index is 0.346. The fourth-order valence-corrected chi connectivity index (χ4v) is 2.82. The maximum atomic E-state index is 9.47. The van der Waals surface area contributed by atoms with Crippen LogP contribution in [-0.4, -0.2) is 7.11 Å². The molecule has 0 spiro atoms. The molecule has 4 heteroatoms. The summed E-state index contributed by atoms with van der Waals surface area (Å²) in [5, 5.41) is 10.1. The monoisotopic (exact) mass is 375 g/mol. The Morgan fingerprint density at radius 3 is 2.44 bits per heavy atom. The Kier molecular flexibility index (Phi) is 6.14. The molecule has 0 atom stereocenters. The molecule has 3 aromatic carbocycles. The number of allylic oxidation sites excluding steroid dienone is 1. The topological polar surface area (TPSA) is 42.2 Å². The van der Waals surface area contributed by atoms with Crippen molar-refractivity contribution in [3.8, 4) is 17.6 Å². The van der Waals surface area contributed by atoms with Crippen molar-refractivity contribution in [2.24, 2.45) is 0 Å². The third-order valence-corrected chi connectivity index (χ3v) is 4.41. The summed E-state index contributed by atoms with van der Waals surface area (Å²) >= 11 is 6.17. The van der Waals surface area contributed by atoms with Gasteiger partial charge in [-0.3, -0.25) is 0 Å². The van der Waals surface area contributed by atoms with Crippen LogP contribution in [0.2, 0.25) is 5.02 Å². The van der Waals surface area contributed by atoms with Crippen molar-refractivity contribution in [2.45, 2.75) is 6.61 Å². The summed E-state index contributed by atoms with van der Waals surface area (Å²) in [6.07, 6.45) is 1.83. The van der Waals surface area contributed by atoms with Crippen molar-refractivity contribution in [1.29, 1.82) is 5.26 Å². The third kappa shape index (κ3) is 4.69. The van der Waals surface area contributed by atoms with Crippen LogP contribution in [-0.2, 0) is 6.61 Å². The smallest absolute Gasteiger partial charge is 0.161 e. The fraction of sp³-hybridized carbons (Fsp3) is 0.0870. The lowest BCUT2D eigenvalue weighted by Crippen LogP contribution is -1.98. The van der Waals surface area contributed by atoms with E-state index in [4.69, 9.17) is 21.1 Å². The molecule has 3 rings (SSSR count). The van der Waals surface area contributed by atoms with Gasteiger partial charge in [0.2, 0.25) is 0 Å². The molecule has 0 aliphatic rings. The Balaban J connectivity index is 1.83. The molecule has 3 aromatic rings. The van der Waals surface area contributed by atoms with Crippen molar-refractivity contribution in [3.63, 3.8) is 0 Å². The summed E-state index contributed by atoms with van der Waals surface area (Å²) in [6, 6.07) is 24.9. The molecule has 0 aliphatic carbocycles. The molecule has 0 unspecified atom stereocenters. The number of hydrogen-bond acceptors (Lipinski definition) is 3. The first-order chi connectivity index (χ1) is 13.2. The van der Waals surface area contributed by atoms with Crippen LogP contribution in [0, 0.1) is 11.3 Å². The molecule has 0 aromatic heterocycles. The molecular formula is C23H18ClNO2. The quantitative estimate of drug-likeness (QED) is 0.392. The second-order valence-corrected chi connectivity index (χ2v) is 6.23. The summed E-state index contributed by atoms with van der Waals surface area (Å²) in [6.45, 7) is 0.346. The second kappa shape index (κ2) is 8.93. The number of hydrogen-bond donors (Lipinski definition) is 0. The molecule has 0 fully saturated rings. The SMILES string of the molecule is COc1cc(/C=C(/C#N)c2ccccc2)ccc1OCc1ccccc1Cl. The number of nitrogens with zero attached hydrogens (tertiary/aromatic N) is 1. The molecule has 3 nitrogen and oxygen atoms in total. The van der Waals surface area contributed by atoms with E-state index in [1.165, 1.54) is 0 Å². The van der Waals surface area contributed by atoms with Crippen LogP contribution in [0.3, 0.4) is 0 Å². The molecule has 0 radical (unpaired) electrons. The Hall–Kier alpha value is -3.22.